The Morgan fingerprint density at radius 3 is 2.38 bits per heavy atom. The number of methoxy groups -OCH3 is 2. The van der Waals surface area contributed by atoms with Crippen LogP contribution in [0.1, 0.15) is 42.3 Å². The molecular weight excluding hydrogens is 504 g/mol. The molecule has 3 aromatic rings. The molecule has 7 nitrogen and oxygen atoms in total. The average molecular weight is 537 g/mol. The van der Waals surface area contributed by atoms with Gasteiger partial charge in [0.2, 0.25) is 5.91 Å². The standard InChI is InChI=1S/C33H32N2O5/c1-32(2,3)30(37)28-27(29(36)20-9-8-10-21(18-20)39-4)33(23-11-6-7-12-24(23)34-31(33)38)26-16-13-19-17-22(40-5)14-15-25(19)35(26)28/h6-18,26-28H,1-5H3,(H,34,38)/t26-,27-,28+,33-/m1/s1. The number of amides is 1. The molecule has 3 aromatic carbocycles. The van der Waals surface area contributed by atoms with E-state index in [4.69, 9.17) is 9.47 Å². The predicted octanol–water partition coefficient (Wildman–Crippen LogP) is 5.29. The number of ketones is 2. The fourth-order valence-electron chi connectivity index (χ4n) is 6.68. The molecule has 1 N–H and O–H groups in total. The van der Waals surface area contributed by atoms with Crippen molar-refractivity contribution >= 4 is 34.9 Å². The number of anilines is 2. The Balaban J connectivity index is 1.67. The number of nitrogens with zero attached hydrogens (tertiary/aromatic N) is 1. The van der Waals surface area contributed by atoms with Crippen LogP contribution in [0.5, 0.6) is 11.5 Å². The van der Waals surface area contributed by atoms with Crippen molar-refractivity contribution in [2.45, 2.75) is 38.3 Å². The van der Waals surface area contributed by atoms with Crippen LogP contribution in [0.2, 0.25) is 0 Å². The van der Waals surface area contributed by atoms with Crippen LogP contribution in [-0.2, 0) is 15.0 Å². The summed E-state index contributed by atoms with van der Waals surface area (Å²) in [5, 5.41) is 3.05. The summed E-state index contributed by atoms with van der Waals surface area (Å²) >= 11 is 0. The molecule has 40 heavy (non-hydrogen) atoms. The summed E-state index contributed by atoms with van der Waals surface area (Å²) in [6.07, 6.45) is 3.93. The van der Waals surface area contributed by atoms with Crippen molar-refractivity contribution in [2.75, 3.05) is 24.4 Å². The number of nitrogens with one attached hydrogen (secondary N) is 1. The van der Waals surface area contributed by atoms with E-state index in [2.05, 4.69) is 5.32 Å². The lowest BCUT2D eigenvalue weighted by Gasteiger charge is -2.38. The minimum absolute atomic E-state index is 0.107. The third-order valence-electron chi connectivity index (χ3n) is 8.48. The lowest BCUT2D eigenvalue weighted by molar-refractivity contribution is -0.128. The summed E-state index contributed by atoms with van der Waals surface area (Å²) in [5.74, 6) is -0.449. The van der Waals surface area contributed by atoms with E-state index in [9.17, 15) is 14.4 Å². The molecule has 4 atom stereocenters. The van der Waals surface area contributed by atoms with Gasteiger partial charge in [0.05, 0.1) is 26.2 Å². The number of hydrogen-bond donors (Lipinski definition) is 1. The third kappa shape index (κ3) is 3.53. The third-order valence-corrected chi connectivity index (χ3v) is 8.48. The maximum atomic E-state index is 14.8. The number of rotatable bonds is 5. The second-order valence-corrected chi connectivity index (χ2v) is 11.6. The molecule has 1 amide bonds. The molecule has 3 aliphatic heterocycles. The average Bonchev–Trinajstić information content (AvgIpc) is 3.43. The zero-order valence-electron chi connectivity index (χ0n) is 23.2. The van der Waals surface area contributed by atoms with Gasteiger partial charge < -0.3 is 19.7 Å². The van der Waals surface area contributed by atoms with E-state index in [0.717, 1.165) is 16.8 Å². The van der Waals surface area contributed by atoms with Crippen molar-refractivity contribution in [3.63, 3.8) is 0 Å². The summed E-state index contributed by atoms with van der Waals surface area (Å²) in [5.41, 5.74) is 1.31. The summed E-state index contributed by atoms with van der Waals surface area (Å²) in [7, 11) is 3.15. The van der Waals surface area contributed by atoms with Crippen molar-refractivity contribution in [3.05, 3.63) is 89.5 Å². The number of ether oxygens (including phenoxy) is 2. The van der Waals surface area contributed by atoms with E-state index in [1.807, 2.05) is 80.3 Å². The largest absolute Gasteiger partial charge is 0.497 e. The molecule has 0 aromatic heterocycles. The molecule has 3 aliphatic rings. The molecule has 6 rings (SSSR count). The smallest absolute Gasteiger partial charge is 0.238 e. The van der Waals surface area contributed by atoms with Crippen molar-refractivity contribution in [1.82, 2.24) is 0 Å². The Bertz CT molecular complexity index is 1590. The van der Waals surface area contributed by atoms with Gasteiger partial charge in [0.25, 0.3) is 0 Å². The zero-order chi connectivity index (χ0) is 28.4. The highest BCUT2D eigenvalue weighted by Gasteiger charge is 2.70. The lowest BCUT2D eigenvalue weighted by atomic mass is 9.63. The molecule has 1 fully saturated rings. The van der Waals surface area contributed by atoms with Crippen molar-refractivity contribution in [3.8, 4) is 11.5 Å². The first-order valence-corrected chi connectivity index (χ1v) is 13.4. The van der Waals surface area contributed by atoms with Gasteiger partial charge >= 0.3 is 0 Å². The SMILES string of the molecule is COc1cccc(C(=O)[C@H]2[C@@H](C(=O)C(C)(C)C)N3c4ccc(OC)cc4C=C[C@@H]3[C@@]23C(=O)Nc2ccccc23)c1. The molecule has 1 saturated heterocycles. The number of carbonyl (C=O) groups excluding carboxylic acids is 3. The van der Waals surface area contributed by atoms with E-state index < -0.39 is 28.8 Å². The van der Waals surface area contributed by atoms with E-state index in [-0.39, 0.29) is 17.5 Å². The molecule has 0 bridgehead atoms. The molecule has 1 spiro atoms. The first-order valence-electron chi connectivity index (χ1n) is 13.4. The topological polar surface area (TPSA) is 84.9 Å². The quantitative estimate of drug-likeness (QED) is 0.446. The molecular formula is C33H32N2O5. The molecule has 7 heteroatoms. The first-order chi connectivity index (χ1) is 19.1. The monoisotopic (exact) mass is 536 g/mol. The summed E-state index contributed by atoms with van der Waals surface area (Å²) in [6.45, 7) is 5.58. The highest BCUT2D eigenvalue weighted by atomic mass is 16.5. The maximum absolute atomic E-state index is 14.8. The Kier molecular flexibility index (Phi) is 5.87. The summed E-state index contributed by atoms with van der Waals surface area (Å²) in [4.78, 5) is 45.6. The number of fused-ring (bicyclic) bond motifs is 6. The lowest BCUT2D eigenvalue weighted by Crippen LogP contribution is -2.51. The fraction of sp³-hybridized carbons (Fsp3) is 0.303. The number of Topliss-reactive ketones (excluding diaryl/α,β-unsaturated/α-hetero) is 2. The van der Waals surface area contributed by atoms with Crippen LogP contribution in [0.3, 0.4) is 0 Å². The van der Waals surface area contributed by atoms with E-state index in [1.54, 1.807) is 38.5 Å². The molecule has 204 valence electrons. The van der Waals surface area contributed by atoms with Crippen LogP contribution in [0.15, 0.2) is 72.8 Å². The molecule has 0 unspecified atom stereocenters. The van der Waals surface area contributed by atoms with Crippen LogP contribution in [0, 0.1) is 11.3 Å². The number of hydrogen-bond acceptors (Lipinski definition) is 6. The first kappa shape index (κ1) is 25.9. The van der Waals surface area contributed by atoms with E-state index in [1.165, 1.54) is 0 Å². The minimum Gasteiger partial charge on any atom is -0.497 e. The normalized spacial score (nSPS) is 24.3. The minimum atomic E-state index is -1.34. The Morgan fingerprint density at radius 1 is 0.925 bits per heavy atom. The van der Waals surface area contributed by atoms with Gasteiger partial charge in [-0.2, -0.15) is 0 Å². The van der Waals surface area contributed by atoms with Crippen LogP contribution in [0.4, 0.5) is 11.4 Å². The van der Waals surface area contributed by atoms with Gasteiger partial charge in [0.15, 0.2) is 11.6 Å². The second-order valence-electron chi connectivity index (χ2n) is 11.6. The molecule has 0 saturated carbocycles. The zero-order valence-corrected chi connectivity index (χ0v) is 23.2. The molecule has 0 radical (unpaired) electrons. The Hall–Kier alpha value is -4.39. The number of carbonyl (C=O) groups is 3. The van der Waals surface area contributed by atoms with Gasteiger partial charge in [0, 0.05) is 27.9 Å². The highest BCUT2D eigenvalue weighted by Crippen LogP contribution is 2.58. The van der Waals surface area contributed by atoms with Gasteiger partial charge in [-0.15, -0.1) is 0 Å². The number of para-hydroxylation sites is 1. The van der Waals surface area contributed by atoms with Gasteiger partial charge in [-0.25, -0.2) is 0 Å². The van der Waals surface area contributed by atoms with Gasteiger partial charge in [-0.05, 0) is 42.0 Å². The van der Waals surface area contributed by atoms with Gasteiger partial charge in [-0.1, -0.05) is 63.3 Å². The van der Waals surface area contributed by atoms with Crippen molar-refractivity contribution in [2.24, 2.45) is 11.3 Å². The van der Waals surface area contributed by atoms with Crippen molar-refractivity contribution in [1.29, 1.82) is 0 Å². The number of benzene rings is 3. The van der Waals surface area contributed by atoms with Crippen LogP contribution in [0.25, 0.3) is 6.08 Å². The highest BCUT2D eigenvalue weighted by molar-refractivity contribution is 6.17. The van der Waals surface area contributed by atoms with Crippen molar-refractivity contribution < 1.29 is 23.9 Å². The predicted molar refractivity (Wildman–Crippen MR) is 154 cm³/mol. The summed E-state index contributed by atoms with van der Waals surface area (Å²) in [6, 6.07) is 18.6. The van der Waals surface area contributed by atoms with Gasteiger partial charge in [0.1, 0.15) is 23.0 Å². The molecule has 0 aliphatic carbocycles. The Morgan fingerprint density at radius 2 is 1.65 bits per heavy atom. The molecule has 3 heterocycles. The van der Waals surface area contributed by atoms with Crippen LogP contribution in [-0.4, -0.2) is 43.8 Å². The van der Waals surface area contributed by atoms with Gasteiger partial charge in [-0.3, -0.25) is 14.4 Å². The fourth-order valence-corrected chi connectivity index (χ4v) is 6.68. The van der Waals surface area contributed by atoms with Crippen LogP contribution < -0.4 is 19.7 Å². The second kappa shape index (κ2) is 9.08. The van der Waals surface area contributed by atoms with Crippen LogP contribution >= 0.6 is 0 Å². The van der Waals surface area contributed by atoms with E-state index in [0.29, 0.717) is 22.7 Å². The maximum Gasteiger partial charge on any atom is 0.238 e. The van der Waals surface area contributed by atoms with E-state index >= 15 is 0 Å². The summed E-state index contributed by atoms with van der Waals surface area (Å²) < 4.78 is 10.9. The Labute approximate surface area is 233 Å².